The molecule has 150 valence electrons. The fraction of sp³-hybridized carbons (Fsp3) is 0.250. The first kappa shape index (κ1) is 18.5. The molecule has 30 heavy (non-hydrogen) atoms. The van der Waals surface area contributed by atoms with Crippen molar-refractivity contribution in [1.29, 1.82) is 0 Å². The number of fused-ring (bicyclic) bond motifs is 2. The predicted octanol–water partition coefficient (Wildman–Crippen LogP) is 3.63. The van der Waals surface area contributed by atoms with Crippen LogP contribution in [0.2, 0.25) is 0 Å². The number of hydrogen-bond donors (Lipinski definition) is 0. The van der Waals surface area contributed by atoms with E-state index in [1.807, 2.05) is 49.5 Å². The van der Waals surface area contributed by atoms with Crippen molar-refractivity contribution in [2.45, 2.75) is 12.8 Å². The summed E-state index contributed by atoms with van der Waals surface area (Å²) in [5.74, 6) is 0.660. The van der Waals surface area contributed by atoms with Crippen LogP contribution in [0.25, 0.3) is 33.1 Å². The van der Waals surface area contributed by atoms with E-state index in [4.69, 9.17) is 4.98 Å². The monoisotopic (exact) mass is 398 g/mol. The van der Waals surface area contributed by atoms with Gasteiger partial charge >= 0.3 is 0 Å². The van der Waals surface area contributed by atoms with Gasteiger partial charge in [-0.25, -0.2) is 4.98 Å². The standard InChI is InChI=1S/C24H22N4O2/c1-27-10-9-16-11-17(5-7-19(16)24(27)30)22-13-25-20-8-6-18(12-21(20)26-22)23(29)28(2)14-15-3-4-15/h5-13,15H,3-4,14H2,1-2H3. The maximum Gasteiger partial charge on any atom is 0.258 e. The number of hydrogen-bond acceptors (Lipinski definition) is 4. The third kappa shape index (κ3) is 3.34. The Morgan fingerprint density at radius 1 is 1.13 bits per heavy atom. The molecule has 0 atom stereocenters. The maximum atomic E-state index is 12.8. The molecule has 0 spiro atoms. The van der Waals surface area contributed by atoms with Crippen LogP contribution in [0.3, 0.4) is 0 Å². The van der Waals surface area contributed by atoms with Crippen molar-refractivity contribution < 1.29 is 4.79 Å². The van der Waals surface area contributed by atoms with Crippen molar-refractivity contribution in [2.75, 3.05) is 13.6 Å². The number of pyridine rings is 1. The van der Waals surface area contributed by atoms with Gasteiger partial charge in [0.2, 0.25) is 0 Å². The Bertz CT molecular complexity index is 1350. The zero-order valence-corrected chi connectivity index (χ0v) is 17.0. The van der Waals surface area contributed by atoms with E-state index in [9.17, 15) is 9.59 Å². The molecule has 0 saturated heterocycles. The highest BCUT2D eigenvalue weighted by atomic mass is 16.2. The Balaban J connectivity index is 1.52. The summed E-state index contributed by atoms with van der Waals surface area (Å²) in [6, 6.07) is 13.0. The lowest BCUT2D eigenvalue weighted by Crippen LogP contribution is -2.28. The van der Waals surface area contributed by atoms with Gasteiger partial charge in [-0.3, -0.25) is 14.6 Å². The van der Waals surface area contributed by atoms with E-state index >= 15 is 0 Å². The molecular weight excluding hydrogens is 376 g/mol. The van der Waals surface area contributed by atoms with Crippen LogP contribution in [0, 0.1) is 5.92 Å². The average molecular weight is 398 g/mol. The minimum Gasteiger partial charge on any atom is -0.341 e. The molecule has 1 amide bonds. The minimum absolute atomic E-state index is 0.0116. The van der Waals surface area contributed by atoms with Gasteiger partial charge in [0, 0.05) is 43.4 Å². The number of rotatable bonds is 4. The number of carbonyl (C=O) groups is 1. The van der Waals surface area contributed by atoms with E-state index in [0.29, 0.717) is 28.1 Å². The molecule has 2 aromatic heterocycles. The average Bonchev–Trinajstić information content (AvgIpc) is 3.58. The van der Waals surface area contributed by atoms with E-state index < -0.39 is 0 Å². The van der Waals surface area contributed by atoms with Crippen LogP contribution in [0.5, 0.6) is 0 Å². The molecule has 1 saturated carbocycles. The van der Waals surface area contributed by atoms with Gasteiger partial charge in [-0.05, 0) is 60.5 Å². The highest BCUT2D eigenvalue weighted by Gasteiger charge is 2.25. The maximum absolute atomic E-state index is 12.8. The smallest absolute Gasteiger partial charge is 0.258 e. The van der Waals surface area contributed by atoms with Crippen molar-refractivity contribution in [2.24, 2.45) is 13.0 Å². The SMILES string of the molecule is CN(CC1CC1)C(=O)c1ccc2ncc(-c3ccc4c(=O)n(C)ccc4c3)nc2c1. The molecule has 0 unspecified atom stereocenters. The van der Waals surface area contributed by atoms with E-state index in [0.717, 1.165) is 23.0 Å². The number of nitrogens with zero attached hydrogens (tertiary/aromatic N) is 4. The van der Waals surface area contributed by atoms with Crippen LogP contribution < -0.4 is 5.56 Å². The van der Waals surface area contributed by atoms with Gasteiger partial charge in [0.15, 0.2) is 0 Å². The molecular formula is C24H22N4O2. The first-order valence-corrected chi connectivity index (χ1v) is 10.1. The van der Waals surface area contributed by atoms with Crippen LogP contribution in [0.4, 0.5) is 0 Å². The molecule has 0 bridgehead atoms. The Kier molecular flexibility index (Phi) is 4.35. The summed E-state index contributed by atoms with van der Waals surface area (Å²) in [6.45, 7) is 0.805. The zero-order chi connectivity index (χ0) is 20.8. The molecule has 1 aliphatic carbocycles. The quantitative estimate of drug-likeness (QED) is 0.526. The van der Waals surface area contributed by atoms with Gasteiger partial charge in [0.25, 0.3) is 11.5 Å². The van der Waals surface area contributed by atoms with Crippen LogP contribution in [0.1, 0.15) is 23.2 Å². The van der Waals surface area contributed by atoms with E-state index in [1.54, 1.807) is 28.9 Å². The van der Waals surface area contributed by atoms with Crippen molar-refractivity contribution in [1.82, 2.24) is 19.4 Å². The third-order valence-electron chi connectivity index (χ3n) is 5.74. The van der Waals surface area contributed by atoms with Gasteiger partial charge in [0.05, 0.1) is 22.9 Å². The number of amides is 1. The first-order valence-electron chi connectivity index (χ1n) is 10.1. The van der Waals surface area contributed by atoms with Crippen LogP contribution in [-0.4, -0.2) is 38.9 Å². The number of aromatic nitrogens is 3. The fourth-order valence-electron chi connectivity index (χ4n) is 3.78. The van der Waals surface area contributed by atoms with Crippen molar-refractivity contribution in [3.63, 3.8) is 0 Å². The fourth-order valence-corrected chi connectivity index (χ4v) is 3.78. The topological polar surface area (TPSA) is 68.1 Å². The van der Waals surface area contributed by atoms with E-state index in [2.05, 4.69) is 4.98 Å². The molecule has 5 rings (SSSR count). The first-order chi connectivity index (χ1) is 14.5. The van der Waals surface area contributed by atoms with Gasteiger partial charge < -0.3 is 9.47 Å². The molecule has 6 nitrogen and oxygen atoms in total. The summed E-state index contributed by atoms with van der Waals surface area (Å²) in [5, 5.41) is 1.53. The number of benzene rings is 2. The summed E-state index contributed by atoms with van der Waals surface area (Å²) in [4.78, 5) is 36.1. The van der Waals surface area contributed by atoms with Crippen molar-refractivity contribution in [3.05, 3.63) is 70.8 Å². The molecule has 2 aromatic carbocycles. The number of aryl methyl sites for hydroxylation is 1. The highest BCUT2D eigenvalue weighted by molar-refractivity contribution is 5.97. The Morgan fingerprint density at radius 2 is 1.97 bits per heavy atom. The van der Waals surface area contributed by atoms with Gasteiger partial charge in [-0.2, -0.15) is 0 Å². The molecule has 6 heteroatoms. The summed E-state index contributed by atoms with van der Waals surface area (Å²) < 4.78 is 1.57. The molecule has 0 radical (unpaired) electrons. The zero-order valence-electron chi connectivity index (χ0n) is 17.0. The summed E-state index contributed by atoms with van der Waals surface area (Å²) in [5.41, 5.74) is 3.62. The molecule has 4 aromatic rings. The predicted molar refractivity (Wildman–Crippen MR) is 117 cm³/mol. The van der Waals surface area contributed by atoms with Crippen LogP contribution >= 0.6 is 0 Å². The molecule has 0 N–H and O–H groups in total. The third-order valence-corrected chi connectivity index (χ3v) is 5.74. The largest absolute Gasteiger partial charge is 0.341 e. The van der Waals surface area contributed by atoms with Crippen LogP contribution in [-0.2, 0) is 7.05 Å². The second-order valence-corrected chi connectivity index (χ2v) is 8.12. The molecule has 2 heterocycles. The summed E-state index contributed by atoms with van der Waals surface area (Å²) in [6.07, 6.45) is 5.91. The lowest BCUT2D eigenvalue weighted by atomic mass is 10.1. The van der Waals surface area contributed by atoms with E-state index in [1.165, 1.54) is 12.8 Å². The van der Waals surface area contributed by atoms with E-state index in [-0.39, 0.29) is 11.5 Å². The molecule has 1 fully saturated rings. The Labute approximate surface area is 173 Å². The Morgan fingerprint density at radius 3 is 2.77 bits per heavy atom. The molecule has 1 aliphatic rings. The second kappa shape index (κ2) is 7.06. The number of carbonyl (C=O) groups excluding carboxylic acids is 1. The van der Waals surface area contributed by atoms with Crippen molar-refractivity contribution in [3.8, 4) is 11.3 Å². The molecule has 0 aliphatic heterocycles. The van der Waals surface area contributed by atoms with Crippen molar-refractivity contribution >= 4 is 27.7 Å². The lowest BCUT2D eigenvalue weighted by molar-refractivity contribution is 0.0789. The lowest BCUT2D eigenvalue weighted by Gasteiger charge is -2.17. The van der Waals surface area contributed by atoms with Crippen LogP contribution in [0.15, 0.2) is 59.7 Å². The minimum atomic E-state index is -0.0258. The van der Waals surface area contributed by atoms with Gasteiger partial charge in [-0.1, -0.05) is 6.07 Å². The Hall–Kier alpha value is -3.54. The summed E-state index contributed by atoms with van der Waals surface area (Å²) in [7, 11) is 3.59. The van der Waals surface area contributed by atoms with Gasteiger partial charge in [-0.15, -0.1) is 0 Å². The van der Waals surface area contributed by atoms with Gasteiger partial charge in [0.1, 0.15) is 0 Å². The highest BCUT2D eigenvalue weighted by Crippen LogP contribution is 2.30. The summed E-state index contributed by atoms with van der Waals surface area (Å²) >= 11 is 0. The normalized spacial score (nSPS) is 13.7. The second-order valence-electron chi connectivity index (χ2n) is 8.12.